The van der Waals surface area contributed by atoms with Gasteiger partial charge in [-0.15, -0.1) is 0 Å². The van der Waals surface area contributed by atoms with Gasteiger partial charge in [0.05, 0.1) is 5.56 Å². The van der Waals surface area contributed by atoms with E-state index in [4.69, 9.17) is 23.2 Å². The molecule has 0 unspecified atom stereocenters. The third-order valence-corrected chi connectivity index (χ3v) is 3.05. The second kappa shape index (κ2) is 5.95. The van der Waals surface area contributed by atoms with Crippen LogP contribution in [0, 0.1) is 0 Å². The molecule has 0 bridgehead atoms. The molecule has 19 heavy (non-hydrogen) atoms. The van der Waals surface area contributed by atoms with Gasteiger partial charge in [-0.3, -0.25) is 4.79 Å². The van der Waals surface area contributed by atoms with Crippen LogP contribution >= 0.6 is 23.2 Å². The second-order valence-corrected chi connectivity index (χ2v) is 4.78. The van der Waals surface area contributed by atoms with Gasteiger partial charge < -0.3 is 10.6 Å². The van der Waals surface area contributed by atoms with Crippen LogP contribution in [0.1, 0.15) is 10.4 Å². The Balaban J connectivity index is 2.27. The lowest BCUT2D eigenvalue weighted by Gasteiger charge is -2.10. The average Bonchev–Trinajstić information content (AvgIpc) is 2.38. The summed E-state index contributed by atoms with van der Waals surface area (Å²) in [5.41, 5.74) is 1.83. The zero-order valence-electron chi connectivity index (χ0n) is 10.2. The van der Waals surface area contributed by atoms with Crippen LogP contribution in [-0.4, -0.2) is 13.0 Å². The van der Waals surface area contributed by atoms with Crippen molar-refractivity contribution in [2.75, 3.05) is 17.7 Å². The molecule has 0 atom stereocenters. The van der Waals surface area contributed by atoms with E-state index in [9.17, 15) is 4.79 Å². The molecule has 2 aromatic carbocycles. The monoisotopic (exact) mass is 294 g/mol. The first-order valence-corrected chi connectivity index (χ1v) is 6.40. The van der Waals surface area contributed by atoms with Gasteiger partial charge in [-0.2, -0.15) is 0 Å². The van der Waals surface area contributed by atoms with Crippen LogP contribution in [-0.2, 0) is 0 Å². The van der Waals surface area contributed by atoms with Crippen molar-refractivity contribution in [1.82, 2.24) is 0 Å². The zero-order chi connectivity index (χ0) is 13.8. The third kappa shape index (κ3) is 3.40. The molecule has 2 N–H and O–H groups in total. The van der Waals surface area contributed by atoms with Gasteiger partial charge in [0.25, 0.3) is 5.91 Å². The predicted octanol–water partition coefficient (Wildman–Crippen LogP) is 4.29. The number of hydrogen-bond donors (Lipinski definition) is 2. The molecule has 0 aliphatic carbocycles. The van der Waals surface area contributed by atoms with E-state index in [1.165, 1.54) is 0 Å². The number of benzene rings is 2. The second-order valence-electron chi connectivity index (χ2n) is 3.90. The SMILES string of the molecule is CNc1ccc(Cl)cc1C(=O)Nc1cccc(Cl)c1. The predicted molar refractivity (Wildman–Crippen MR) is 80.4 cm³/mol. The minimum Gasteiger partial charge on any atom is -0.387 e. The van der Waals surface area contributed by atoms with E-state index in [0.29, 0.717) is 27.0 Å². The molecular formula is C14H12Cl2N2O. The lowest BCUT2D eigenvalue weighted by Crippen LogP contribution is -2.14. The van der Waals surface area contributed by atoms with Crippen LogP contribution in [0.5, 0.6) is 0 Å². The van der Waals surface area contributed by atoms with Crippen molar-refractivity contribution >= 4 is 40.5 Å². The summed E-state index contributed by atoms with van der Waals surface area (Å²) < 4.78 is 0. The molecule has 2 aromatic rings. The van der Waals surface area contributed by atoms with E-state index in [2.05, 4.69) is 10.6 Å². The van der Waals surface area contributed by atoms with Crippen molar-refractivity contribution in [3.8, 4) is 0 Å². The zero-order valence-corrected chi connectivity index (χ0v) is 11.7. The molecule has 1 amide bonds. The van der Waals surface area contributed by atoms with Crippen molar-refractivity contribution in [3.05, 3.63) is 58.1 Å². The molecular weight excluding hydrogens is 283 g/mol. The largest absolute Gasteiger partial charge is 0.387 e. The van der Waals surface area contributed by atoms with Crippen LogP contribution in [0.3, 0.4) is 0 Å². The van der Waals surface area contributed by atoms with Crippen molar-refractivity contribution in [1.29, 1.82) is 0 Å². The first kappa shape index (κ1) is 13.7. The molecule has 0 radical (unpaired) electrons. The Labute approximate surface area is 121 Å². The van der Waals surface area contributed by atoms with Crippen LogP contribution in [0.15, 0.2) is 42.5 Å². The summed E-state index contributed by atoms with van der Waals surface area (Å²) in [6.45, 7) is 0. The highest BCUT2D eigenvalue weighted by Gasteiger charge is 2.11. The van der Waals surface area contributed by atoms with Crippen LogP contribution in [0.2, 0.25) is 10.0 Å². The molecule has 0 fully saturated rings. The third-order valence-electron chi connectivity index (χ3n) is 2.58. The van der Waals surface area contributed by atoms with Crippen LogP contribution in [0.25, 0.3) is 0 Å². The van der Waals surface area contributed by atoms with Gasteiger partial charge in [-0.05, 0) is 36.4 Å². The van der Waals surface area contributed by atoms with Gasteiger partial charge in [-0.25, -0.2) is 0 Å². The fourth-order valence-electron chi connectivity index (χ4n) is 1.69. The number of anilines is 2. The highest BCUT2D eigenvalue weighted by atomic mass is 35.5. The molecule has 0 spiro atoms. The molecule has 0 aliphatic heterocycles. The van der Waals surface area contributed by atoms with Gasteiger partial charge in [0.1, 0.15) is 0 Å². The Kier molecular flexibility index (Phi) is 4.30. The molecule has 0 saturated heterocycles. The molecule has 3 nitrogen and oxygen atoms in total. The molecule has 98 valence electrons. The standard InChI is InChI=1S/C14H12Cl2N2O/c1-17-13-6-5-10(16)8-12(13)14(19)18-11-4-2-3-9(15)7-11/h2-8,17H,1H3,(H,18,19). The smallest absolute Gasteiger partial charge is 0.257 e. The normalized spacial score (nSPS) is 10.1. The number of hydrogen-bond acceptors (Lipinski definition) is 2. The van der Waals surface area contributed by atoms with Crippen molar-refractivity contribution in [2.45, 2.75) is 0 Å². The van der Waals surface area contributed by atoms with Gasteiger partial charge in [0.15, 0.2) is 0 Å². The van der Waals surface area contributed by atoms with E-state index < -0.39 is 0 Å². The van der Waals surface area contributed by atoms with E-state index in [1.54, 1.807) is 49.5 Å². The molecule has 0 heterocycles. The van der Waals surface area contributed by atoms with Crippen molar-refractivity contribution in [2.24, 2.45) is 0 Å². The Morgan fingerprint density at radius 2 is 1.79 bits per heavy atom. The van der Waals surface area contributed by atoms with Gasteiger partial charge in [-0.1, -0.05) is 29.3 Å². The first-order chi connectivity index (χ1) is 9.10. The summed E-state index contributed by atoms with van der Waals surface area (Å²) in [6, 6.07) is 12.1. The number of nitrogens with one attached hydrogen (secondary N) is 2. The highest BCUT2D eigenvalue weighted by Crippen LogP contribution is 2.22. The summed E-state index contributed by atoms with van der Waals surface area (Å²) in [6.07, 6.45) is 0. The number of halogens is 2. The minimum atomic E-state index is -0.242. The summed E-state index contributed by atoms with van der Waals surface area (Å²) in [5, 5.41) is 6.81. The van der Waals surface area contributed by atoms with Crippen molar-refractivity contribution < 1.29 is 4.79 Å². The maximum Gasteiger partial charge on any atom is 0.257 e. The summed E-state index contributed by atoms with van der Waals surface area (Å²) >= 11 is 11.8. The summed E-state index contributed by atoms with van der Waals surface area (Å²) in [5.74, 6) is -0.242. The van der Waals surface area contributed by atoms with Gasteiger partial charge in [0, 0.05) is 28.5 Å². The average molecular weight is 295 g/mol. The van der Waals surface area contributed by atoms with E-state index in [1.807, 2.05) is 0 Å². The molecule has 0 aromatic heterocycles. The Hall–Kier alpha value is -1.71. The Bertz CT molecular complexity index is 614. The quantitative estimate of drug-likeness (QED) is 0.887. The number of carbonyl (C=O) groups excluding carboxylic acids is 1. The molecule has 0 saturated carbocycles. The van der Waals surface area contributed by atoms with Crippen LogP contribution < -0.4 is 10.6 Å². The lowest BCUT2D eigenvalue weighted by atomic mass is 10.1. The highest BCUT2D eigenvalue weighted by molar-refractivity contribution is 6.31. The number of amides is 1. The topological polar surface area (TPSA) is 41.1 Å². The fraction of sp³-hybridized carbons (Fsp3) is 0.0714. The van der Waals surface area contributed by atoms with Gasteiger partial charge >= 0.3 is 0 Å². The van der Waals surface area contributed by atoms with Crippen molar-refractivity contribution in [3.63, 3.8) is 0 Å². The molecule has 0 aliphatic rings. The first-order valence-electron chi connectivity index (χ1n) is 5.64. The minimum absolute atomic E-state index is 0.242. The number of rotatable bonds is 3. The van der Waals surface area contributed by atoms with E-state index in [0.717, 1.165) is 0 Å². The summed E-state index contributed by atoms with van der Waals surface area (Å²) in [4.78, 5) is 12.2. The van der Waals surface area contributed by atoms with E-state index >= 15 is 0 Å². The van der Waals surface area contributed by atoms with Crippen LogP contribution in [0.4, 0.5) is 11.4 Å². The molecule has 5 heteroatoms. The Morgan fingerprint density at radius 1 is 1.05 bits per heavy atom. The Morgan fingerprint density at radius 3 is 2.47 bits per heavy atom. The fourth-order valence-corrected chi connectivity index (χ4v) is 2.05. The molecule has 2 rings (SSSR count). The summed E-state index contributed by atoms with van der Waals surface area (Å²) in [7, 11) is 1.75. The maximum atomic E-state index is 12.2. The lowest BCUT2D eigenvalue weighted by molar-refractivity contribution is 0.102. The van der Waals surface area contributed by atoms with E-state index in [-0.39, 0.29) is 5.91 Å². The van der Waals surface area contributed by atoms with Gasteiger partial charge in [0.2, 0.25) is 0 Å². The maximum absolute atomic E-state index is 12.2. The number of carbonyl (C=O) groups is 1.